The molecule has 0 fully saturated rings. The molecule has 1 spiro atoms. The van der Waals surface area contributed by atoms with Crippen LogP contribution >= 0.6 is 0 Å². The Hall–Kier alpha value is -7.99. The minimum absolute atomic E-state index is 0.0213. The number of carbonyl (C=O) groups excluding carboxylic acids is 3. The lowest BCUT2D eigenvalue weighted by Gasteiger charge is -2.47. The first-order valence-corrected chi connectivity index (χ1v) is 25.3. The molecular formula is C61H62N4O8. The van der Waals surface area contributed by atoms with Crippen molar-refractivity contribution in [2.75, 3.05) is 25.1 Å². The summed E-state index contributed by atoms with van der Waals surface area (Å²) in [6.07, 6.45) is 28.6. The van der Waals surface area contributed by atoms with Gasteiger partial charge < -0.3 is 44.2 Å². The number of aromatic amines is 1. The average Bonchev–Trinajstić information content (AvgIpc) is 4.04. The normalized spacial score (nSPS) is 23.0. The van der Waals surface area contributed by atoms with Crippen molar-refractivity contribution in [3.63, 3.8) is 0 Å². The Morgan fingerprint density at radius 1 is 0.863 bits per heavy atom. The smallest absolute Gasteiger partial charge is 0.302 e. The first-order valence-electron chi connectivity index (χ1n) is 25.3. The van der Waals surface area contributed by atoms with Gasteiger partial charge in [0.25, 0.3) is 0 Å². The summed E-state index contributed by atoms with van der Waals surface area (Å²) in [5.41, 5.74) is 5.67. The zero-order valence-corrected chi connectivity index (χ0v) is 41.5. The number of phenolic OH excluding ortho intramolecular Hbond substituents is 2. The van der Waals surface area contributed by atoms with Crippen LogP contribution in [0.1, 0.15) is 92.5 Å². The molecule has 10 rings (SSSR count). The first kappa shape index (κ1) is 48.6. The van der Waals surface area contributed by atoms with Crippen LogP contribution in [0.25, 0.3) is 10.8 Å². The van der Waals surface area contributed by atoms with E-state index >= 15 is 0 Å². The maximum atomic E-state index is 14.9. The van der Waals surface area contributed by atoms with Gasteiger partial charge in [-0.25, -0.2) is 0 Å². The molecule has 0 radical (unpaired) electrons. The molecular weight excluding hydrogens is 917 g/mol. The number of nitrogens with one attached hydrogen (secondary N) is 2. The highest BCUT2D eigenvalue weighted by Gasteiger charge is 2.46. The van der Waals surface area contributed by atoms with E-state index in [1.165, 1.54) is 18.6 Å². The molecule has 4 heterocycles. The number of dihydropyridines is 1. The average molecular weight is 979 g/mol. The van der Waals surface area contributed by atoms with Crippen molar-refractivity contribution in [1.29, 1.82) is 0 Å². The molecule has 2 aliphatic carbocycles. The Morgan fingerprint density at radius 2 is 1.70 bits per heavy atom. The van der Waals surface area contributed by atoms with Crippen LogP contribution in [-0.4, -0.2) is 63.6 Å². The van der Waals surface area contributed by atoms with Gasteiger partial charge in [0.15, 0.2) is 11.5 Å². The number of ketones is 2. The second kappa shape index (κ2) is 21.0. The summed E-state index contributed by atoms with van der Waals surface area (Å²) < 4.78 is 20.3. The molecule has 4 aromatic carbocycles. The standard InChI is InChI=1S/C61H62N4O8/c1-39(66)23-27-65-56-18-7-11-44-37-64(38-54(44)56)57(43-19-20-58(59(30-43)71-3)73-50-16-9-15-48(69)32-50)34-49(70)33-51(72-40(2)67)21-25-61-24-5-4-12-46(61)13-8-17-55(61)53-36-62-35-45(53)29-52(41-10-6-14-47(68)28-41)42-22-26-63-60(65)31-42/h4-12,14-20,22,24,28,30-32,35-38,46,51-52,55,57,62-63,68-69H,13,21,23,25-27,29,33-34H2,1-3H3/t46-,51-,52-,55-,57+,61-/m1/s1. The summed E-state index contributed by atoms with van der Waals surface area (Å²) in [4.78, 5) is 46.3. The molecule has 6 atom stereocenters. The number of hydrogen-bond donors (Lipinski definition) is 4. The SMILES string of the molecule is COc1cc([C@@H]2CC(=O)C[C@H](OC(C)=O)CC[C@]34C=CC=C[C@@H]3CC=C[C@@H]4c3c[nH]cc3C[C@H](c3cccc(O)c3)C3=CCNC(=C3)N(CCC(C)=O)c3cccc4cn2cc34)ccc1Oc1cccc(O)c1. The highest BCUT2D eigenvalue weighted by atomic mass is 16.5. The second-order valence-electron chi connectivity index (χ2n) is 19.8. The largest absolute Gasteiger partial charge is 0.508 e. The third kappa shape index (κ3) is 10.4. The summed E-state index contributed by atoms with van der Waals surface area (Å²) in [6.45, 7) is 3.96. The van der Waals surface area contributed by atoms with Crippen molar-refractivity contribution in [3.8, 4) is 28.7 Å². The van der Waals surface area contributed by atoms with E-state index in [0.29, 0.717) is 56.0 Å². The van der Waals surface area contributed by atoms with Crippen molar-refractivity contribution in [1.82, 2.24) is 14.9 Å². The van der Waals surface area contributed by atoms with Crippen LogP contribution in [0.2, 0.25) is 0 Å². The first-order chi connectivity index (χ1) is 35.4. The number of methoxy groups -OCH3 is 1. The Kier molecular flexibility index (Phi) is 14.0. The number of aromatic hydroxyl groups is 2. The number of carbonyl (C=O) groups is 3. The molecule has 0 amide bonds. The van der Waals surface area contributed by atoms with E-state index in [0.717, 1.165) is 51.0 Å². The Labute approximate surface area is 426 Å². The number of H-pyrrole nitrogens is 1. The van der Waals surface area contributed by atoms with E-state index in [4.69, 9.17) is 14.2 Å². The molecule has 6 aromatic rings. The maximum Gasteiger partial charge on any atom is 0.302 e. The van der Waals surface area contributed by atoms with E-state index in [2.05, 4.69) is 111 Å². The van der Waals surface area contributed by atoms with Gasteiger partial charge in [-0.05, 0) is 115 Å². The van der Waals surface area contributed by atoms with Crippen molar-refractivity contribution in [3.05, 3.63) is 192 Å². The van der Waals surface area contributed by atoms with Gasteiger partial charge in [0.1, 0.15) is 40.7 Å². The van der Waals surface area contributed by atoms with Gasteiger partial charge in [-0.15, -0.1) is 0 Å². The fourth-order valence-electron chi connectivity index (χ4n) is 11.6. The van der Waals surface area contributed by atoms with Gasteiger partial charge in [0, 0.05) is 98.2 Å². The number of anilines is 1. The van der Waals surface area contributed by atoms with Crippen molar-refractivity contribution >= 4 is 34.0 Å². The second-order valence-corrected chi connectivity index (χ2v) is 19.8. The lowest BCUT2D eigenvalue weighted by atomic mass is 9.57. The summed E-state index contributed by atoms with van der Waals surface area (Å²) in [5.74, 6) is 1.93. The van der Waals surface area contributed by atoms with Crippen LogP contribution in [0.3, 0.4) is 0 Å². The number of allylic oxidation sites excluding steroid dienone is 8. The van der Waals surface area contributed by atoms with Crippen LogP contribution in [0.5, 0.6) is 28.7 Å². The summed E-state index contributed by atoms with van der Waals surface area (Å²) >= 11 is 0. The van der Waals surface area contributed by atoms with E-state index in [1.807, 2.05) is 36.4 Å². The number of nitrogens with zero attached hydrogens (tertiary/aromatic N) is 2. The molecule has 374 valence electrons. The fraction of sp³-hybridized carbons (Fsp3) is 0.295. The molecule has 0 saturated carbocycles. The minimum Gasteiger partial charge on any atom is -0.508 e. The van der Waals surface area contributed by atoms with Crippen LogP contribution < -0.4 is 19.7 Å². The van der Waals surface area contributed by atoms with E-state index in [9.17, 15) is 24.6 Å². The lowest BCUT2D eigenvalue weighted by molar-refractivity contribution is -0.148. The minimum atomic E-state index is -0.675. The van der Waals surface area contributed by atoms with Gasteiger partial charge in [-0.3, -0.25) is 14.4 Å². The van der Waals surface area contributed by atoms with Crippen LogP contribution in [0.4, 0.5) is 5.69 Å². The van der Waals surface area contributed by atoms with Gasteiger partial charge in [-0.2, -0.15) is 0 Å². The van der Waals surface area contributed by atoms with Crippen LogP contribution in [0, 0.1) is 11.3 Å². The number of phenols is 2. The quantitative estimate of drug-likeness (QED) is 0.0813. The zero-order chi connectivity index (χ0) is 50.6. The topological polar surface area (TPSA) is 155 Å². The molecule has 0 saturated heterocycles. The number of benzene rings is 4. The highest BCUT2D eigenvalue weighted by molar-refractivity contribution is 5.95. The number of esters is 1. The number of fused-ring (bicyclic) bond motifs is 4. The monoisotopic (exact) mass is 978 g/mol. The number of Topliss-reactive ketones (excluding diaryl/α,β-unsaturated/α-hetero) is 2. The maximum absolute atomic E-state index is 14.9. The molecule has 4 bridgehead atoms. The Bertz CT molecular complexity index is 3210. The van der Waals surface area contributed by atoms with E-state index in [1.54, 1.807) is 38.3 Å². The molecule has 12 nitrogen and oxygen atoms in total. The molecule has 2 aliphatic heterocycles. The van der Waals surface area contributed by atoms with Gasteiger partial charge >= 0.3 is 5.97 Å². The predicted molar refractivity (Wildman–Crippen MR) is 283 cm³/mol. The van der Waals surface area contributed by atoms with Crippen LogP contribution in [-0.2, 0) is 25.5 Å². The van der Waals surface area contributed by atoms with Crippen molar-refractivity contribution < 1.29 is 38.8 Å². The number of aromatic nitrogens is 2. The molecule has 12 heteroatoms. The predicted octanol–water partition coefficient (Wildman–Crippen LogP) is 11.8. The van der Waals surface area contributed by atoms with Crippen molar-refractivity contribution in [2.45, 2.75) is 82.8 Å². The number of rotatable bonds is 9. The molecule has 0 unspecified atom stereocenters. The summed E-state index contributed by atoms with van der Waals surface area (Å²) in [5, 5.41) is 26.6. The van der Waals surface area contributed by atoms with Crippen LogP contribution in [0.15, 0.2) is 170 Å². The highest BCUT2D eigenvalue weighted by Crippen LogP contribution is 2.55. The number of hydrogen-bond acceptors (Lipinski definition) is 10. The number of ether oxygens (including phenoxy) is 3. The van der Waals surface area contributed by atoms with E-state index in [-0.39, 0.29) is 59.1 Å². The fourth-order valence-corrected chi connectivity index (χ4v) is 11.6. The van der Waals surface area contributed by atoms with Gasteiger partial charge in [0.05, 0.1) is 18.8 Å². The molecule has 2 aromatic heterocycles. The third-order valence-electron chi connectivity index (χ3n) is 15.1. The molecule has 4 aliphatic rings. The van der Waals surface area contributed by atoms with Gasteiger partial charge in [-0.1, -0.05) is 78.9 Å². The summed E-state index contributed by atoms with van der Waals surface area (Å²) in [6, 6.07) is 25.3. The third-order valence-corrected chi connectivity index (χ3v) is 15.1. The summed E-state index contributed by atoms with van der Waals surface area (Å²) in [7, 11) is 1.57. The molecule has 73 heavy (non-hydrogen) atoms. The van der Waals surface area contributed by atoms with E-state index < -0.39 is 18.1 Å². The van der Waals surface area contributed by atoms with Gasteiger partial charge in [0.2, 0.25) is 0 Å². The lowest BCUT2D eigenvalue weighted by Crippen LogP contribution is -2.38. The molecule has 4 N–H and O–H groups in total. The van der Waals surface area contributed by atoms with Crippen molar-refractivity contribution in [2.24, 2.45) is 11.3 Å². The zero-order valence-electron chi connectivity index (χ0n) is 41.5. The Balaban J connectivity index is 1.13. The Morgan fingerprint density at radius 3 is 2.51 bits per heavy atom.